The summed E-state index contributed by atoms with van der Waals surface area (Å²) in [5, 5.41) is 7.49. The van der Waals surface area contributed by atoms with Gasteiger partial charge in [0.1, 0.15) is 5.69 Å². The summed E-state index contributed by atoms with van der Waals surface area (Å²) in [6, 6.07) is 9.15. The second-order valence-electron chi connectivity index (χ2n) is 4.70. The van der Waals surface area contributed by atoms with Crippen LogP contribution in [0.2, 0.25) is 5.02 Å². The van der Waals surface area contributed by atoms with Crippen molar-refractivity contribution < 1.29 is 9.32 Å². The number of carbonyl (C=O) groups excluding carboxylic acids is 1. The molecule has 2 aromatic rings. The Morgan fingerprint density at radius 2 is 1.95 bits per heavy atom. The van der Waals surface area contributed by atoms with Crippen LogP contribution in [0, 0.1) is 5.92 Å². The van der Waals surface area contributed by atoms with Gasteiger partial charge in [-0.2, -0.15) is 0 Å². The maximum absolute atomic E-state index is 11.8. The highest BCUT2D eigenvalue weighted by molar-refractivity contribution is 6.30. The van der Waals surface area contributed by atoms with E-state index in [1.807, 2.05) is 42.5 Å². The third kappa shape index (κ3) is 3.23. The lowest BCUT2D eigenvalue weighted by Crippen LogP contribution is -2.27. The average Bonchev–Trinajstić information content (AvgIpc) is 3.17. The molecule has 0 atom stereocenters. The maximum Gasteiger partial charge on any atom is 0.231 e. The first-order valence-corrected chi connectivity index (χ1v) is 6.94. The minimum Gasteiger partial charge on any atom is -0.359 e. The molecule has 0 bridgehead atoms. The lowest BCUT2D eigenvalue weighted by atomic mass is 10.1. The number of rotatable bonds is 4. The number of nitrogens with one attached hydrogen (secondary N) is 1. The number of allylic oxidation sites excluding steroid dienone is 2. The lowest BCUT2D eigenvalue weighted by molar-refractivity contribution is -0.122. The molecule has 0 spiro atoms. The van der Waals surface area contributed by atoms with E-state index in [1.165, 1.54) is 0 Å². The molecule has 0 unspecified atom stereocenters. The Kier molecular flexibility index (Phi) is 3.88. The summed E-state index contributed by atoms with van der Waals surface area (Å²) in [4.78, 5) is 11.8. The molecule has 0 saturated heterocycles. The zero-order chi connectivity index (χ0) is 14.7. The highest BCUT2D eigenvalue weighted by Gasteiger charge is 2.14. The number of hydrogen-bond acceptors (Lipinski definition) is 3. The fraction of sp³-hybridized carbons (Fsp3) is 0.125. The zero-order valence-electron chi connectivity index (χ0n) is 11.1. The monoisotopic (exact) mass is 300 g/mol. The van der Waals surface area contributed by atoms with Crippen molar-refractivity contribution in [3.05, 3.63) is 65.4 Å². The van der Waals surface area contributed by atoms with E-state index in [-0.39, 0.29) is 11.8 Å². The molecule has 5 heteroatoms. The molecule has 0 aliphatic heterocycles. The summed E-state index contributed by atoms with van der Waals surface area (Å²) in [7, 11) is 0. The summed E-state index contributed by atoms with van der Waals surface area (Å²) in [5.74, 6) is 0.368. The average molecular weight is 301 g/mol. The van der Waals surface area contributed by atoms with Gasteiger partial charge in [0.25, 0.3) is 0 Å². The van der Waals surface area contributed by atoms with Crippen LogP contribution >= 0.6 is 11.6 Å². The van der Waals surface area contributed by atoms with Gasteiger partial charge in [-0.15, -0.1) is 0 Å². The first kappa shape index (κ1) is 13.6. The van der Waals surface area contributed by atoms with Crippen molar-refractivity contribution >= 4 is 17.5 Å². The van der Waals surface area contributed by atoms with E-state index in [0.29, 0.717) is 17.3 Å². The number of benzene rings is 1. The summed E-state index contributed by atoms with van der Waals surface area (Å²) in [6.07, 6.45) is 7.40. The Bertz CT molecular complexity index is 689. The Morgan fingerprint density at radius 3 is 2.67 bits per heavy atom. The number of hydrogen-bond donors (Lipinski definition) is 1. The van der Waals surface area contributed by atoms with Crippen LogP contribution in [0.25, 0.3) is 11.3 Å². The maximum atomic E-state index is 11.8. The molecule has 1 amide bonds. The predicted octanol–water partition coefficient (Wildman–Crippen LogP) is 3.35. The fourth-order valence-electron chi connectivity index (χ4n) is 2.05. The summed E-state index contributed by atoms with van der Waals surface area (Å²) < 4.78 is 5.23. The number of carbonyl (C=O) groups is 1. The van der Waals surface area contributed by atoms with Crippen LogP contribution in [0.3, 0.4) is 0 Å². The Hall–Kier alpha value is -2.33. The lowest BCUT2D eigenvalue weighted by Gasteiger charge is -2.05. The van der Waals surface area contributed by atoms with E-state index in [2.05, 4.69) is 10.5 Å². The van der Waals surface area contributed by atoms with Crippen molar-refractivity contribution in [2.45, 2.75) is 6.54 Å². The summed E-state index contributed by atoms with van der Waals surface area (Å²) in [6.45, 7) is 0.317. The van der Waals surface area contributed by atoms with E-state index in [9.17, 15) is 4.79 Å². The van der Waals surface area contributed by atoms with Crippen LogP contribution in [-0.4, -0.2) is 11.1 Å². The molecule has 0 fully saturated rings. The van der Waals surface area contributed by atoms with Crippen molar-refractivity contribution in [1.82, 2.24) is 10.5 Å². The van der Waals surface area contributed by atoms with Gasteiger partial charge in [-0.25, -0.2) is 0 Å². The number of halogens is 1. The molecule has 1 aromatic heterocycles. The van der Waals surface area contributed by atoms with Gasteiger partial charge in [0.05, 0.1) is 12.5 Å². The molecule has 1 heterocycles. The largest absolute Gasteiger partial charge is 0.359 e. The predicted molar refractivity (Wildman–Crippen MR) is 80.6 cm³/mol. The molecule has 0 radical (unpaired) electrons. The van der Waals surface area contributed by atoms with E-state index in [1.54, 1.807) is 12.1 Å². The smallest absolute Gasteiger partial charge is 0.231 e. The molecule has 1 N–H and O–H groups in total. The molecule has 0 saturated carbocycles. The molecule has 1 aliphatic rings. The van der Waals surface area contributed by atoms with Crippen LogP contribution in [0.4, 0.5) is 0 Å². The third-order valence-corrected chi connectivity index (χ3v) is 3.44. The first-order chi connectivity index (χ1) is 10.2. The topological polar surface area (TPSA) is 55.1 Å². The highest BCUT2D eigenvalue weighted by Crippen LogP contribution is 2.21. The van der Waals surface area contributed by atoms with E-state index in [4.69, 9.17) is 16.1 Å². The SMILES string of the molecule is O=C(NCc1cc(-c2ccc(Cl)cc2)no1)C1C=CC=C1. The number of aromatic nitrogens is 1. The van der Waals surface area contributed by atoms with Crippen LogP contribution in [0.5, 0.6) is 0 Å². The van der Waals surface area contributed by atoms with Crippen molar-refractivity contribution in [2.24, 2.45) is 5.92 Å². The van der Waals surface area contributed by atoms with Gasteiger partial charge < -0.3 is 9.84 Å². The second-order valence-corrected chi connectivity index (χ2v) is 5.14. The van der Waals surface area contributed by atoms with Crippen LogP contribution in [0.1, 0.15) is 5.76 Å². The highest BCUT2D eigenvalue weighted by atomic mass is 35.5. The third-order valence-electron chi connectivity index (χ3n) is 3.19. The molecule has 21 heavy (non-hydrogen) atoms. The standard InChI is InChI=1S/C16H13ClN2O2/c17-13-7-5-11(6-8-13)15-9-14(21-19-15)10-18-16(20)12-3-1-2-4-12/h1-9,12H,10H2,(H,18,20). The summed E-state index contributed by atoms with van der Waals surface area (Å²) >= 11 is 5.85. The van der Waals surface area contributed by atoms with Crippen LogP contribution < -0.4 is 5.32 Å². The van der Waals surface area contributed by atoms with E-state index in [0.717, 1.165) is 11.3 Å². The zero-order valence-corrected chi connectivity index (χ0v) is 11.9. The molecule has 3 rings (SSSR count). The Balaban J connectivity index is 1.62. The van der Waals surface area contributed by atoms with Gasteiger partial charge in [0.2, 0.25) is 5.91 Å². The van der Waals surface area contributed by atoms with Gasteiger partial charge in [-0.3, -0.25) is 4.79 Å². The van der Waals surface area contributed by atoms with Gasteiger partial charge in [-0.1, -0.05) is 53.2 Å². The van der Waals surface area contributed by atoms with Crippen molar-refractivity contribution in [1.29, 1.82) is 0 Å². The van der Waals surface area contributed by atoms with Gasteiger partial charge in [0, 0.05) is 16.7 Å². The summed E-state index contributed by atoms with van der Waals surface area (Å²) in [5.41, 5.74) is 1.64. The minimum atomic E-state index is -0.191. The van der Waals surface area contributed by atoms with Gasteiger partial charge in [0.15, 0.2) is 5.76 Å². The Morgan fingerprint density at radius 1 is 1.24 bits per heavy atom. The number of nitrogens with zero attached hydrogens (tertiary/aromatic N) is 1. The van der Waals surface area contributed by atoms with Crippen LogP contribution in [0.15, 0.2) is 59.2 Å². The second kappa shape index (κ2) is 5.97. The Labute approximate surface area is 127 Å². The molecule has 1 aromatic carbocycles. The van der Waals surface area contributed by atoms with Crippen molar-refractivity contribution in [3.8, 4) is 11.3 Å². The van der Waals surface area contributed by atoms with Crippen molar-refractivity contribution in [3.63, 3.8) is 0 Å². The molecule has 1 aliphatic carbocycles. The molecular weight excluding hydrogens is 288 g/mol. The first-order valence-electron chi connectivity index (χ1n) is 6.56. The van der Waals surface area contributed by atoms with Crippen LogP contribution in [-0.2, 0) is 11.3 Å². The minimum absolute atomic E-state index is 0.0514. The molecule has 106 valence electrons. The van der Waals surface area contributed by atoms with Crippen molar-refractivity contribution in [2.75, 3.05) is 0 Å². The van der Waals surface area contributed by atoms with E-state index < -0.39 is 0 Å². The van der Waals surface area contributed by atoms with Gasteiger partial charge >= 0.3 is 0 Å². The molecular formula is C16H13ClN2O2. The number of amides is 1. The quantitative estimate of drug-likeness (QED) is 0.942. The molecule has 4 nitrogen and oxygen atoms in total. The normalized spacial score (nSPS) is 13.8. The fourth-order valence-corrected chi connectivity index (χ4v) is 2.18. The van der Waals surface area contributed by atoms with Gasteiger partial charge in [-0.05, 0) is 12.1 Å². The van der Waals surface area contributed by atoms with E-state index >= 15 is 0 Å².